The van der Waals surface area contributed by atoms with Gasteiger partial charge in [0.05, 0.1) is 13.0 Å². The maximum Gasteiger partial charge on any atom is 0.307 e. The van der Waals surface area contributed by atoms with E-state index in [1.807, 2.05) is 6.07 Å². The zero-order chi connectivity index (χ0) is 15.2. The standard InChI is InChI=1S/C16H23FN2O2/c1-3-21-16(20)12-15(13-5-4-6-14(17)11-13)19-9-7-18(2)8-10-19/h4-6,11,15H,3,7-10,12H2,1-2H3. The Hall–Kier alpha value is -1.46. The number of esters is 1. The predicted molar refractivity (Wildman–Crippen MR) is 79.5 cm³/mol. The first-order chi connectivity index (χ1) is 10.1. The number of halogens is 1. The van der Waals surface area contributed by atoms with Gasteiger partial charge >= 0.3 is 5.97 Å². The van der Waals surface area contributed by atoms with Crippen LogP contribution in [0.1, 0.15) is 24.9 Å². The van der Waals surface area contributed by atoms with Crippen molar-refractivity contribution in [2.24, 2.45) is 0 Å². The smallest absolute Gasteiger partial charge is 0.307 e. The summed E-state index contributed by atoms with van der Waals surface area (Å²) in [7, 11) is 2.08. The highest BCUT2D eigenvalue weighted by atomic mass is 19.1. The van der Waals surface area contributed by atoms with Crippen LogP contribution in [-0.4, -0.2) is 55.6 Å². The van der Waals surface area contributed by atoms with Crippen LogP contribution in [0, 0.1) is 5.82 Å². The van der Waals surface area contributed by atoms with Crippen LogP contribution in [0.25, 0.3) is 0 Å². The van der Waals surface area contributed by atoms with Gasteiger partial charge in [-0.25, -0.2) is 4.39 Å². The highest BCUT2D eigenvalue weighted by Crippen LogP contribution is 2.26. The maximum absolute atomic E-state index is 13.5. The number of hydrogen-bond donors (Lipinski definition) is 0. The van der Waals surface area contributed by atoms with E-state index in [9.17, 15) is 9.18 Å². The number of nitrogens with zero attached hydrogens (tertiary/aromatic N) is 2. The van der Waals surface area contributed by atoms with Gasteiger partial charge in [-0.2, -0.15) is 0 Å². The fourth-order valence-electron chi connectivity index (χ4n) is 2.68. The quantitative estimate of drug-likeness (QED) is 0.778. The van der Waals surface area contributed by atoms with Gasteiger partial charge in [-0.3, -0.25) is 9.69 Å². The third-order valence-corrected chi connectivity index (χ3v) is 3.88. The lowest BCUT2D eigenvalue weighted by Gasteiger charge is -2.37. The van der Waals surface area contributed by atoms with Crippen LogP contribution in [0.15, 0.2) is 24.3 Å². The molecule has 1 unspecified atom stereocenters. The van der Waals surface area contributed by atoms with Gasteiger partial charge in [-0.05, 0) is 31.7 Å². The predicted octanol–water partition coefficient (Wildman–Crippen LogP) is 2.07. The van der Waals surface area contributed by atoms with E-state index < -0.39 is 0 Å². The maximum atomic E-state index is 13.5. The average molecular weight is 294 g/mol. The molecule has 1 atom stereocenters. The molecule has 1 heterocycles. The number of ether oxygens (including phenoxy) is 1. The molecule has 1 aromatic rings. The first-order valence-electron chi connectivity index (χ1n) is 7.44. The van der Waals surface area contributed by atoms with E-state index in [4.69, 9.17) is 4.74 Å². The molecule has 5 heteroatoms. The molecule has 1 aliphatic heterocycles. The van der Waals surface area contributed by atoms with Crippen LogP contribution in [0.4, 0.5) is 4.39 Å². The zero-order valence-electron chi connectivity index (χ0n) is 12.7. The van der Waals surface area contributed by atoms with Gasteiger partial charge < -0.3 is 9.64 Å². The topological polar surface area (TPSA) is 32.8 Å². The average Bonchev–Trinajstić information content (AvgIpc) is 2.46. The van der Waals surface area contributed by atoms with Crippen molar-refractivity contribution < 1.29 is 13.9 Å². The first-order valence-corrected chi connectivity index (χ1v) is 7.44. The van der Waals surface area contributed by atoms with Crippen molar-refractivity contribution in [2.75, 3.05) is 39.8 Å². The Labute approximate surface area is 125 Å². The van der Waals surface area contributed by atoms with E-state index in [0.717, 1.165) is 31.7 Å². The van der Waals surface area contributed by atoms with Crippen LogP contribution in [0.3, 0.4) is 0 Å². The lowest BCUT2D eigenvalue weighted by molar-refractivity contribution is -0.144. The van der Waals surface area contributed by atoms with Gasteiger partial charge in [-0.15, -0.1) is 0 Å². The van der Waals surface area contributed by atoms with E-state index in [0.29, 0.717) is 6.61 Å². The number of carbonyl (C=O) groups is 1. The summed E-state index contributed by atoms with van der Waals surface area (Å²) in [4.78, 5) is 16.4. The lowest BCUT2D eigenvalue weighted by Crippen LogP contribution is -2.46. The molecule has 21 heavy (non-hydrogen) atoms. The Balaban J connectivity index is 2.15. The van der Waals surface area contributed by atoms with Crippen molar-refractivity contribution in [3.8, 4) is 0 Å². The summed E-state index contributed by atoms with van der Waals surface area (Å²) in [6, 6.07) is 6.40. The largest absolute Gasteiger partial charge is 0.466 e. The van der Waals surface area contributed by atoms with E-state index in [1.165, 1.54) is 12.1 Å². The molecule has 2 rings (SSSR count). The summed E-state index contributed by atoms with van der Waals surface area (Å²) in [5.74, 6) is -0.499. The number of rotatable bonds is 5. The van der Waals surface area contributed by atoms with Crippen molar-refractivity contribution >= 4 is 5.97 Å². The van der Waals surface area contributed by atoms with Gasteiger partial charge in [0.15, 0.2) is 0 Å². The van der Waals surface area contributed by atoms with Crippen LogP contribution >= 0.6 is 0 Å². The fraction of sp³-hybridized carbons (Fsp3) is 0.562. The molecule has 0 saturated carbocycles. The van der Waals surface area contributed by atoms with E-state index >= 15 is 0 Å². The molecule has 1 aromatic carbocycles. The van der Waals surface area contributed by atoms with Crippen molar-refractivity contribution in [1.82, 2.24) is 9.80 Å². The molecule has 116 valence electrons. The monoisotopic (exact) mass is 294 g/mol. The summed E-state index contributed by atoms with van der Waals surface area (Å²) in [6.07, 6.45) is 0.265. The van der Waals surface area contributed by atoms with Crippen LogP contribution in [0.2, 0.25) is 0 Å². The second kappa shape index (κ2) is 7.52. The molecule has 0 amide bonds. The van der Waals surface area contributed by atoms with Crippen molar-refractivity contribution in [3.05, 3.63) is 35.6 Å². The Kier molecular flexibility index (Phi) is 5.70. The minimum Gasteiger partial charge on any atom is -0.466 e. The highest BCUT2D eigenvalue weighted by molar-refractivity contribution is 5.70. The molecule has 0 bridgehead atoms. The van der Waals surface area contributed by atoms with E-state index in [-0.39, 0.29) is 24.2 Å². The number of benzene rings is 1. The molecule has 1 aliphatic rings. The molecule has 0 spiro atoms. The third-order valence-electron chi connectivity index (χ3n) is 3.88. The number of carbonyl (C=O) groups excluding carboxylic acids is 1. The summed E-state index contributed by atoms with van der Waals surface area (Å²) < 4.78 is 18.6. The summed E-state index contributed by atoms with van der Waals surface area (Å²) in [5, 5.41) is 0. The summed E-state index contributed by atoms with van der Waals surface area (Å²) >= 11 is 0. The van der Waals surface area contributed by atoms with Gasteiger partial charge in [0, 0.05) is 32.2 Å². The molecule has 0 aromatic heterocycles. The van der Waals surface area contributed by atoms with E-state index in [1.54, 1.807) is 13.0 Å². The minimum atomic E-state index is -0.268. The van der Waals surface area contributed by atoms with Crippen LogP contribution < -0.4 is 0 Å². The molecule has 0 aliphatic carbocycles. The number of hydrogen-bond acceptors (Lipinski definition) is 4. The van der Waals surface area contributed by atoms with Crippen molar-refractivity contribution in [2.45, 2.75) is 19.4 Å². The molecule has 1 saturated heterocycles. The minimum absolute atomic E-state index is 0.117. The second-order valence-corrected chi connectivity index (χ2v) is 5.42. The molecular formula is C16H23FN2O2. The van der Waals surface area contributed by atoms with Crippen LogP contribution in [-0.2, 0) is 9.53 Å². The highest BCUT2D eigenvalue weighted by Gasteiger charge is 2.26. The van der Waals surface area contributed by atoms with Gasteiger partial charge in [0.25, 0.3) is 0 Å². The second-order valence-electron chi connectivity index (χ2n) is 5.42. The summed E-state index contributed by atoms with van der Waals surface area (Å²) in [5.41, 5.74) is 0.840. The first kappa shape index (κ1) is 15.9. The third kappa shape index (κ3) is 4.51. The Bertz CT molecular complexity index is 473. The van der Waals surface area contributed by atoms with E-state index in [2.05, 4.69) is 16.8 Å². The molecule has 0 N–H and O–H groups in total. The Morgan fingerprint density at radius 1 is 1.33 bits per heavy atom. The summed E-state index contributed by atoms with van der Waals surface area (Å²) in [6.45, 7) is 5.82. The SMILES string of the molecule is CCOC(=O)CC(c1cccc(F)c1)N1CCN(C)CC1. The number of likely N-dealkylation sites (N-methyl/N-ethyl adjacent to an activating group) is 1. The molecular weight excluding hydrogens is 271 g/mol. The molecule has 1 fully saturated rings. The molecule has 4 nitrogen and oxygen atoms in total. The fourth-order valence-corrected chi connectivity index (χ4v) is 2.68. The molecule has 0 radical (unpaired) electrons. The van der Waals surface area contributed by atoms with Gasteiger partial charge in [0.2, 0.25) is 0 Å². The van der Waals surface area contributed by atoms with Gasteiger partial charge in [0.1, 0.15) is 5.82 Å². The van der Waals surface area contributed by atoms with Crippen LogP contribution in [0.5, 0.6) is 0 Å². The van der Waals surface area contributed by atoms with Crippen molar-refractivity contribution in [1.29, 1.82) is 0 Å². The van der Waals surface area contributed by atoms with Gasteiger partial charge in [-0.1, -0.05) is 12.1 Å². The zero-order valence-corrected chi connectivity index (χ0v) is 12.7. The number of piperazine rings is 1. The lowest BCUT2D eigenvalue weighted by atomic mass is 10.0. The normalized spacial score (nSPS) is 18.4. The Morgan fingerprint density at radius 2 is 2.05 bits per heavy atom. The Morgan fingerprint density at radius 3 is 2.67 bits per heavy atom. The van der Waals surface area contributed by atoms with Crippen molar-refractivity contribution in [3.63, 3.8) is 0 Å².